The molecule has 2 amide bonds. The minimum absolute atomic E-state index is 0.00853. The Morgan fingerprint density at radius 1 is 0.972 bits per heavy atom. The number of benzene rings is 2. The van der Waals surface area contributed by atoms with Crippen molar-refractivity contribution in [3.05, 3.63) is 59.7 Å². The predicted molar refractivity (Wildman–Crippen MR) is 135 cm³/mol. The van der Waals surface area contributed by atoms with Gasteiger partial charge in [-0.1, -0.05) is 48.5 Å². The summed E-state index contributed by atoms with van der Waals surface area (Å²) in [6.07, 6.45) is 0.619. The number of rotatable bonds is 8. The molecule has 0 saturated heterocycles. The molecule has 2 aliphatic carbocycles. The monoisotopic (exact) mass is 494 g/mol. The minimum atomic E-state index is -1.07. The molecule has 1 saturated carbocycles. The van der Waals surface area contributed by atoms with E-state index in [2.05, 4.69) is 34.9 Å². The molecule has 2 atom stereocenters. The maximum atomic E-state index is 12.4. The van der Waals surface area contributed by atoms with E-state index < -0.39 is 29.3 Å². The molecule has 36 heavy (non-hydrogen) atoms. The van der Waals surface area contributed by atoms with Gasteiger partial charge in [0, 0.05) is 12.5 Å². The molecule has 2 aromatic rings. The Bertz CT molecular complexity index is 1100. The Labute approximate surface area is 211 Å². The average Bonchev–Trinajstić information content (AvgIpc) is 3.43. The van der Waals surface area contributed by atoms with Crippen molar-refractivity contribution in [2.24, 2.45) is 5.92 Å². The highest BCUT2D eigenvalue weighted by Gasteiger charge is 2.62. The number of esters is 1. The van der Waals surface area contributed by atoms with Gasteiger partial charge in [-0.05, 0) is 68.2 Å². The molecule has 0 spiro atoms. The third-order valence-electron chi connectivity index (χ3n) is 6.72. The van der Waals surface area contributed by atoms with Crippen molar-refractivity contribution in [2.45, 2.75) is 57.1 Å². The minimum Gasteiger partial charge on any atom is -0.467 e. The van der Waals surface area contributed by atoms with Crippen molar-refractivity contribution in [3.8, 4) is 11.1 Å². The number of carbonyl (C=O) groups excluding carboxylic acids is 3. The van der Waals surface area contributed by atoms with Gasteiger partial charge < -0.3 is 24.8 Å². The van der Waals surface area contributed by atoms with Gasteiger partial charge in [0.15, 0.2) is 0 Å². The highest BCUT2D eigenvalue weighted by molar-refractivity contribution is 5.89. The van der Waals surface area contributed by atoms with Gasteiger partial charge >= 0.3 is 18.2 Å². The molecule has 0 heterocycles. The van der Waals surface area contributed by atoms with E-state index in [1.165, 1.54) is 18.2 Å². The summed E-state index contributed by atoms with van der Waals surface area (Å²) in [6, 6.07) is 16.4. The van der Waals surface area contributed by atoms with Crippen LogP contribution in [-0.4, -0.2) is 49.6 Å². The first kappa shape index (κ1) is 25.5. The second-order valence-electron chi connectivity index (χ2n) is 10.4. The summed E-state index contributed by atoms with van der Waals surface area (Å²) >= 11 is 0. The number of ether oxygens (including phenoxy) is 3. The lowest BCUT2D eigenvalue weighted by atomic mass is 9.98. The van der Waals surface area contributed by atoms with E-state index in [1.807, 2.05) is 24.3 Å². The topological polar surface area (TPSA) is 103 Å². The van der Waals surface area contributed by atoms with Crippen molar-refractivity contribution in [1.29, 1.82) is 0 Å². The number of alkyl carbamates (subject to hydrolysis) is 2. The van der Waals surface area contributed by atoms with E-state index in [0.29, 0.717) is 25.8 Å². The fourth-order valence-electron chi connectivity index (χ4n) is 4.99. The number of fused-ring (bicyclic) bond motifs is 3. The molecule has 0 radical (unpaired) electrons. The molecule has 0 bridgehead atoms. The lowest BCUT2D eigenvalue weighted by Gasteiger charge is -2.23. The van der Waals surface area contributed by atoms with Gasteiger partial charge in [0.05, 0.1) is 7.11 Å². The summed E-state index contributed by atoms with van der Waals surface area (Å²) in [5, 5.41) is 5.49. The van der Waals surface area contributed by atoms with Gasteiger partial charge in [-0.25, -0.2) is 14.4 Å². The van der Waals surface area contributed by atoms with E-state index in [9.17, 15) is 14.4 Å². The zero-order valence-corrected chi connectivity index (χ0v) is 21.3. The van der Waals surface area contributed by atoms with Crippen LogP contribution in [0.15, 0.2) is 48.5 Å². The van der Waals surface area contributed by atoms with E-state index >= 15 is 0 Å². The molecule has 8 nitrogen and oxygen atoms in total. The summed E-state index contributed by atoms with van der Waals surface area (Å²) in [6.45, 7) is 5.94. The zero-order chi connectivity index (χ0) is 25.9. The number of hydrogen-bond donors (Lipinski definition) is 2. The first-order valence-electron chi connectivity index (χ1n) is 12.3. The highest BCUT2D eigenvalue weighted by atomic mass is 16.6. The fourth-order valence-corrected chi connectivity index (χ4v) is 4.99. The number of methoxy groups -OCH3 is 1. The number of hydrogen-bond acceptors (Lipinski definition) is 6. The Kier molecular flexibility index (Phi) is 7.24. The molecule has 2 aliphatic rings. The quantitative estimate of drug-likeness (QED) is 0.312. The molecule has 2 aromatic carbocycles. The van der Waals surface area contributed by atoms with Gasteiger partial charge in [-0.15, -0.1) is 0 Å². The molecular weight excluding hydrogens is 460 g/mol. The van der Waals surface area contributed by atoms with Crippen LogP contribution in [0.2, 0.25) is 0 Å². The van der Waals surface area contributed by atoms with Gasteiger partial charge in [-0.3, -0.25) is 0 Å². The van der Waals surface area contributed by atoms with E-state index in [-0.39, 0.29) is 18.4 Å². The molecule has 8 heteroatoms. The van der Waals surface area contributed by atoms with Crippen LogP contribution in [0.25, 0.3) is 11.1 Å². The van der Waals surface area contributed by atoms with Gasteiger partial charge in [0.2, 0.25) is 0 Å². The molecule has 4 rings (SSSR count). The van der Waals surface area contributed by atoms with E-state index in [1.54, 1.807) is 20.8 Å². The van der Waals surface area contributed by atoms with Crippen molar-refractivity contribution in [3.63, 3.8) is 0 Å². The second-order valence-corrected chi connectivity index (χ2v) is 10.4. The molecular formula is C28H34N2O6. The number of amides is 2. The SMILES string of the molecule is COC(=O)[C@]1(NC(=O)OC(C)(C)C)C[C@H]1CCCNC(=O)OCC1c2ccccc2-c2ccccc21. The number of nitrogens with one attached hydrogen (secondary N) is 2. The maximum Gasteiger partial charge on any atom is 0.408 e. The Morgan fingerprint density at radius 3 is 2.17 bits per heavy atom. The molecule has 0 unspecified atom stereocenters. The van der Waals surface area contributed by atoms with Crippen molar-refractivity contribution in [1.82, 2.24) is 10.6 Å². The molecule has 0 aromatic heterocycles. The van der Waals surface area contributed by atoms with Gasteiger partial charge in [0.1, 0.15) is 17.7 Å². The molecule has 2 N–H and O–H groups in total. The predicted octanol–water partition coefficient (Wildman–Crippen LogP) is 4.76. The first-order chi connectivity index (χ1) is 17.1. The summed E-state index contributed by atoms with van der Waals surface area (Å²) in [4.78, 5) is 36.9. The molecule has 0 aliphatic heterocycles. The lowest BCUT2D eigenvalue weighted by Crippen LogP contribution is -2.47. The lowest BCUT2D eigenvalue weighted by molar-refractivity contribution is -0.144. The van der Waals surface area contributed by atoms with Crippen LogP contribution in [-0.2, 0) is 19.0 Å². The van der Waals surface area contributed by atoms with Crippen molar-refractivity contribution < 1.29 is 28.6 Å². The average molecular weight is 495 g/mol. The van der Waals surface area contributed by atoms with Crippen LogP contribution in [0, 0.1) is 5.92 Å². The van der Waals surface area contributed by atoms with Gasteiger partial charge in [0.25, 0.3) is 0 Å². The Balaban J connectivity index is 1.23. The van der Waals surface area contributed by atoms with Crippen LogP contribution in [0.4, 0.5) is 9.59 Å². The summed E-state index contributed by atoms with van der Waals surface area (Å²) in [5.41, 5.74) is 2.95. The van der Waals surface area contributed by atoms with Crippen LogP contribution in [0.3, 0.4) is 0 Å². The van der Waals surface area contributed by atoms with Crippen LogP contribution < -0.4 is 10.6 Å². The van der Waals surface area contributed by atoms with Crippen molar-refractivity contribution in [2.75, 3.05) is 20.3 Å². The second kappa shape index (κ2) is 10.2. The van der Waals surface area contributed by atoms with Crippen LogP contribution in [0.1, 0.15) is 57.1 Å². The summed E-state index contributed by atoms with van der Waals surface area (Å²) in [5.74, 6) is -0.557. The van der Waals surface area contributed by atoms with E-state index in [0.717, 1.165) is 11.1 Å². The standard InChI is InChI=1S/C28H34N2O6/c1-27(2,3)36-26(33)30-28(24(31)34-4)16-18(28)10-9-15-29-25(32)35-17-23-21-13-7-5-11-19(21)20-12-6-8-14-22(20)23/h5-8,11-14,18,23H,9-10,15-17H2,1-4H3,(H,29,32)(H,30,33)/t18-,28+/m1/s1. The Hall–Kier alpha value is -3.55. The normalized spacial score (nSPS) is 20.1. The largest absolute Gasteiger partial charge is 0.467 e. The first-order valence-corrected chi connectivity index (χ1v) is 12.3. The summed E-state index contributed by atoms with van der Waals surface area (Å²) in [7, 11) is 1.30. The maximum absolute atomic E-state index is 12.4. The van der Waals surface area contributed by atoms with Gasteiger partial charge in [-0.2, -0.15) is 0 Å². The summed E-state index contributed by atoms with van der Waals surface area (Å²) < 4.78 is 15.8. The molecule has 192 valence electrons. The third kappa shape index (κ3) is 5.48. The third-order valence-corrected chi connectivity index (χ3v) is 6.72. The fraction of sp³-hybridized carbons (Fsp3) is 0.464. The van der Waals surface area contributed by atoms with E-state index in [4.69, 9.17) is 14.2 Å². The zero-order valence-electron chi connectivity index (χ0n) is 21.3. The molecule has 1 fully saturated rings. The number of carbonyl (C=O) groups is 3. The smallest absolute Gasteiger partial charge is 0.408 e. The highest BCUT2D eigenvalue weighted by Crippen LogP contribution is 2.48. The van der Waals surface area contributed by atoms with Crippen LogP contribution in [0.5, 0.6) is 0 Å². The van der Waals surface area contributed by atoms with Crippen LogP contribution >= 0.6 is 0 Å². The van der Waals surface area contributed by atoms with Crippen molar-refractivity contribution >= 4 is 18.2 Å². The Morgan fingerprint density at radius 2 is 1.58 bits per heavy atom.